The zero-order chi connectivity index (χ0) is 20.8. The molecular formula is C22H26ClN5O2. The molecule has 0 spiro atoms. The molecule has 1 atom stereocenters. The number of H-pyrrole nitrogens is 1. The molecule has 0 unspecified atom stereocenters. The third-order valence-electron chi connectivity index (χ3n) is 5.41. The predicted molar refractivity (Wildman–Crippen MR) is 116 cm³/mol. The minimum Gasteiger partial charge on any atom is -0.445 e. The van der Waals surface area contributed by atoms with Crippen molar-refractivity contribution in [3.8, 4) is 0 Å². The number of unbranched alkanes of at least 4 members (excludes halogenated alkanes) is 2. The average Bonchev–Trinajstić information content (AvgIpc) is 3.14. The molecule has 3 aromatic rings. The second kappa shape index (κ2) is 9.91. The van der Waals surface area contributed by atoms with Crippen molar-refractivity contribution in [3.63, 3.8) is 0 Å². The Balaban J connectivity index is 1.18. The molecule has 1 aliphatic rings. The molecular weight excluding hydrogens is 402 g/mol. The predicted octanol–water partition coefficient (Wildman–Crippen LogP) is 4.28. The highest BCUT2D eigenvalue weighted by molar-refractivity contribution is 6.29. The smallest absolute Gasteiger partial charge is 0.407 e. The van der Waals surface area contributed by atoms with Gasteiger partial charge in [-0.15, -0.1) is 10.2 Å². The van der Waals surface area contributed by atoms with Gasteiger partial charge in [-0.1, -0.05) is 54.8 Å². The minimum absolute atomic E-state index is 0.284. The van der Waals surface area contributed by atoms with Crippen LogP contribution in [0.1, 0.15) is 48.5 Å². The molecule has 158 valence electrons. The van der Waals surface area contributed by atoms with Crippen LogP contribution in [0.5, 0.6) is 0 Å². The average molecular weight is 428 g/mol. The number of nitrogens with zero attached hydrogens (tertiary/aromatic N) is 2. The number of alkyl carbamates (subject to hydrolysis) is 1. The summed E-state index contributed by atoms with van der Waals surface area (Å²) >= 11 is 6.06. The molecule has 8 heteroatoms. The molecule has 30 heavy (non-hydrogen) atoms. The van der Waals surface area contributed by atoms with Gasteiger partial charge in [-0.05, 0) is 30.0 Å². The largest absolute Gasteiger partial charge is 0.445 e. The monoisotopic (exact) mass is 427 g/mol. The Morgan fingerprint density at radius 3 is 2.93 bits per heavy atom. The third-order valence-corrected chi connectivity index (χ3v) is 5.60. The van der Waals surface area contributed by atoms with E-state index in [1.165, 1.54) is 11.3 Å². The number of rotatable bonds is 8. The van der Waals surface area contributed by atoms with Crippen LogP contribution < -0.4 is 10.6 Å². The van der Waals surface area contributed by atoms with E-state index in [1.54, 1.807) is 0 Å². The van der Waals surface area contributed by atoms with Crippen LogP contribution in [0, 0.1) is 0 Å². The second-order valence-corrected chi connectivity index (χ2v) is 7.93. The summed E-state index contributed by atoms with van der Waals surface area (Å²) in [5.41, 5.74) is 4.29. The Labute approximate surface area is 180 Å². The van der Waals surface area contributed by atoms with Crippen LogP contribution in [-0.2, 0) is 17.8 Å². The summed E-state index contributed by atoms with van der Waals surface area (Å²) in [5.74, 6) is 0. The SMILES string of the molecule is O=C(NCCCCC[C@H]1NCCc2[nH]c3nnc(Cl)cc3c21)OCc1ccccc1. The number of benzene rings is 1. The molecule has 0 fully saturated rings. The van der Waals surface area contributed by atoms with Gasteiger partial charge in [0.05, 0.1) is 0 Å². The fraction of sp³-hybridized carbons (Fsp3) is 0.409. The normalized spacial score (nSPS) is 15.7. The number of carbonyl (C=O) groups excluding carboxylic acids is 1. The van der Waals surface area contributed by atoms with Gasteiger partial charge in [-0.3, -0.25) is 0 Å². The number of carbonyl (C=O) groups is 1. The zero-order valence-corrected chi connectivity index (χ0v) is 17.5. The lowest BCUT2D eigenvalue weighted by Gasteiger charge is -2.24. The molecule has 3 heterocycles. The van der Waals surface area contributed by atoms with Gasteiger partial charge in [0, 0.05) is 36.6 Å². The quantitative estimate of drug-likeness (QED) is 0.466. The minimum atomic E-state index is -0.366. The lowest BCUT2D eigenvalue weighted by atomic mass is 9.94. The summed E-state index contributed by atoms with van der Waals surface area (Å²) in [7, 11) is 0. The van der Waals surface area contributed by atoms with Crippen molar-refractivity contribution in [1.82, 2.24) is 25.8 Å². The van der Waals surface area contributed by atoms with Gasteiger partial charge in [-0.25, -0.2) is 4.79 Å². The molecule has 0 saturated heterocycles. The van der Waals surface area contributed by atoms with Gasteiger partial charge in [0.2, 0.25) is 0 Å². The summed E-state index contributed by atoms with van der Waals surface area (Å²) < 4.78 is 5.23. The molecule has 1 aromatic carbocycles. The summed E-state index contributed by atoms with van der Waals surface area (Å²) in [5, 5.41) is 16.0. The highest BCUT2D eigenvalue weighted by atomic mass is 35.5. The molecule has 3 N–H and O–H groups in total. The van der Waals surface area contributed by atoms with Crippen molar-refractivity contribution >= 4 is 28.7 Å². The van der Waals surface area contributed by atoms with Crippen LogP contribution in [-0.4, -0.2) is 34.4 Å². The van der Waals surface area contributed by atoms with Gasteiger partial charge in [-0.2, -0.15) is 0 Å². The molecule has 0 radical (unpaired) electrons. The van der Waals surface area contributed by atoms with Crippen LogP contribution in [0.25, 0.3) is 11.0 Å². The van der Waals surface area contributed by atoms with Gasteiger partial charge >= 0.3 is 6.09 Å². The maximum atomic E-state index is 11.8. The topological polar surface area (TPSA) is 91.9 Å². The lowest BCUT2D eigenvalue weighted by molar-refractivity contribution is 0.139. The first kappa shape index (κ1) is 20.6. The highest BCUT2D eigenvalue weighted by Gasteiger charge is 2.24. The Morgan fingerprint density at radius 1 is 1.20 bits per heavy atom. The number of hydrogen-bond donors (Lipinski definition) is 3. The molecule has 0 aliphatic carbocycles. The summed E-state index contributed by atoms with van der Waals surface area (Å²) in [6, 6.07) is 11.8. The van der Waals surface area contributed by atoms with Gasteiger partial charge in [0.25, 0.3) is 0 Å². The highest BCUT2D eigenvalue weighted by Crippen LogP contribution is 2.33. The van der Waals surface area contributed by atoms with Crippen LogP contribution in [0.4, 0.5) is 4.79 Å². The van der Waals surface area contributed by atoms with E-state index in [1.807, 2.05) is 36.4 Å². The number of aromatic amines is 1. The van der Waals surface area contributed by atoms with Crippen molar-refractivity contribution in [3.05, 3.63) is 58.4 Å². The van der Waals surface area contributed by atoms with Crippen molar-refractivity contribution in [2.45, 2.75) is 44.8 Å². The van der Waals surface area contributed by atoms with Gasteiger partial charge in [0.15, 0.2) is 10.8 Å². The fourth-order valence-electron chi connectivity index (χ4n) is 3.97. The number of aromatic nitrogens is 3. The summed E-state index contributed by atoms with van der Waals surface area (Å²) in [6.45, 7) is 1.86. The van der Waals surface area contributed by atoms with E-state index >= 15 is 0 Å². The first-order valence-electron chi connectivity index (χ1n) is 10.4. The lowest BCUT2D eigenvalue weighted by Crippen LogP contribution is -2.29. The van der Waals surface area contributed by atoms with Gasteiger partial charge in [0.1, 0.15) is 6.61 Å². The number of fused-ring (bicyclic) bond motifs is 3. The Hall–Kier alpha value is -2.64. The van der Waals surface area contributed by atoms with Crippen molar-refractivity contribution in [1.29, 1.82) is 0 Å². The van der Waals surface area contributed by atoms with Crippen LogP contribution in [0.3, 0.4) is 0 Å². The summed E-state index contributed by atoms with van der Waals surface area (Å²) in [6.07, 6.45) is 4.64. The third kappa shape index (κ3) is 5.09. The van der Waals surface area contributed by atoms with Crippen molar-refractivity contribution < 1.29 is 9.53 Å². The maximum Gasteiger partial charge on any atom is 0.407 e. The molecule has 4 rings (SSSR count). The molecule has 1 aliphatic heterocycles. The van der Waals surface area contributed by atoms with Crippen molar-refractivity contribution in [2.75, 3.05) is 13.1 Å². The second-order valence-electron chi connectivity index (χ2n) is 7.54. The Kier molecular flexibility index (Phi) is 6.81. The standard InChI is InChI=1S/C22H26ClN5O2/c23-19-13-16-20-17(24-12-10-18(20)26-21(16)28-27-19)9-5-2-6-11-25-22(29)30-14-15-7-3-1-4-8-15/h1,3-4,7-8,13,17,24H,2,5-6,9-12,14H2,(H,25,29)(H,26,28)/t17-/m1/s1. The first-order chi connectivity index (χ1) is 14.7. The van der Waals surface area contributed by atoms with E-state index in [0.717, 1.165) is 55.2 Å². The molecule has 0 saturated carbocycles. The van der Waals surface area contributed by atoms with Gasteiger partial charge < -0.3 is 20.4 Å². The number of ether oxygens (including phenoxy) is 1. The van der Waals surface area contributed by atoms with E-state index in [4.69, 9.17) is 16.3 Å². The van der Waals surface area contributed by atoms with Crippen molar-refractivity contribution in [2.24, 2.45) is 0 Å². The number of nitrogens with one attached hydrogen (secondary N) is 3. The van der Waals surface area contributed by atoms with E-state index in [9.17, 15) is 4.79 Å². The number of hydrogen-bond acceptors (Lipinski definition) is 5. The first-order valence-corrected chi connectivity index (χ1v) is 10.8. The Morgan fingerprint density at radius 2 is 2.07 bits per heavy atom. The fourth-order valence-corrected chi connectivity index (χ4v) is 4.12. The molecule has 1 amide bonds. The number of halogens is 1. The summed E-state index contributed by atoms with van der Waals surface area (Å²) in [4.78, 5) is 15.2. The van der Waals surface area contributed by atoms with Crippen LogP contribution >= 0.6 is 11.6 Å². The number of amides is 1. The van der Waals surface area contributed by atoms with E-state index < -0.39 is 0 Å². The zero-order valence-electron chi connectivity index (χ0n) is 16.8. The van der Waals surface area contributed by atoms with E-state index in [0.29, 0.717) is 18.3 Å². The molecule has 7 nitrogen and oxygen atoms in total. The van der Waals surface area contributed by atoms with Crippen LogP contribution in [0.15, 0.2) is 36.4 Å². The maximum absolute atomic E-state index is 11.8. The van der Waals surface area contributed by atoms with E-state index in [-0.39, 0.29) is 12.1 Å². The molecule has 2 aromatic heterocycles. The van der Waals surface area contributed by atoms with Crippen LogP contribution in [0.2, 0.25) is 5.15 Å². The molecule has 0 bridgehead atoms. The van der Waals surface area contributed by atoms with E-state index in [2.05, 4.69) is 25.8 Å². The Bertz CT molecular complexity index is 992.